The fourth-order valence-electron chi connectivity index (χ4n) is 1.21. The first-order chi connectivity index (χ1) is 11.0. The molecule has 0 aromatic heterocycles. The molecule has 1 aromatic carbocycles. The van der Waals surface area contributed by atoms with Gasteiger partial charge in [0.25, 0.3) is 0 Å². The minimum Gasteiger partial charge on any atom is -0.392 e. The Morgan fingerprint density at radius 3 is 2.22 bits per heavy atom. The van der Waals surface area contributed by atoms with Gasteiger partial charge in [-0.25, -0.2) is 0 Å². The Bertz CT molecular complexity index is 410. The third-order valence-electron chi connectivity index (χ3n) is 2.27. The van der Waals surface area contributed by atoms with E-state index in [9.17, 15) is 9.59 Å². The first-order valence-electron chi connectivity index (χ1n) is 7.53. The summed E-state index contributed by atoms with van der Waals surface area (Å²) in [5, 5.41) is 14.1. The topological polar surface area (TPSA) is 90.8 Å². The summed E-state index contributed by atoms with van der Waals surface area (Å²) >= 11 is 0. The van der Waals surface area contributed by atoms with Crippen LogP contribution in [0.4, 0.5) is 5.69 Å². The van der Waals surface area contributed by atoms with Crippen LogP contribution < -0.4 is 10.6 Å². The van der Waals surface area contributed by atoms with Crippen LogP contribution in [0.15, 0.2) is 29.3 Å². The number of carbonyl (C=O) groups is 2. The summed E-state index contributed by atoms with van der Waals surface area (Å²) in [6.07, 6.45) is 1.90. The standard InChI is InChI=1S/C8H11NO.C6H10N2O2.C3H8/c1-9-8-4-2-7(6-10)3-5-8;1-5(4-9)8-6(10)3-7-2;1-3-2/h2-5,9-10H,6H2,1H3;4-5H,2-3H2,1H3,(H,8,10);3H2,1-2H3. The van der Waals surface area contributed by atoms with Crippen LogP contribution in [-0.2, 0) is 16.2 Å². The lowest BCUT2D eigenvalue weighted by Crippen LogP contribution is -2.34. The van der Waals surface area contributed by atoms with Gasteiger partial charge in [0.05, 0.1) is 12.6 Å². The first kappa shape index (κ1) is 23.1. The van der Waals surface area contributed by atoms with Crippen LogP contribution >= 0.6 is 0 Å². The summed E-state index contributed by atoms with van der Waals surface area (Å²) in [6, 6.07) is 7.23. The molecule has 0 fully saturated rings. The number of nitrogens with zero attached hydrogens (tertiary/aromatic N) is 1. The van der Waals surface area contributed by atoms with Crippen LogP contribution in [0.5, 0.6) is 0 Å². The number of carbonyl (C=O) groups excluding carboxylic acids is 2. The molecule has 1 rings (SSSR count). The Balaban J connectivity index is 0. The molecule has 130 valence electrons. The van der Waals surface area contributed by atoms with Crippen molar-refractivity contribution in [1.82, 2.24) is 5.32 Å². The van der Waals surface area contributed by atoms with Gasteiger partial charge in [-0.1, -0.05) is 32.4 Å². The molecule has 0 heterocycles. The fraction of sp³-hybridized carbons (Fsp3) is 0.471. The van der Waals surface area contributed by atoms with Crippen LogP contribution in [0.2, 0.25) is 0 Å². The van der Waals surface area contributed by atoms with Gasteiger partial charge in [0, 0.05) is 12.7 Å². The Labute approximate surface area is 139 Å². The third-order valence-corrected chi connectivity index (χ3v) is 2.27. The average molecular weight is 323 g/mol. The van der Waals surface area contributed by atoms with E-state index in [1.165, 1.54) is 6.42 Å². The van der Waals surface area contributed by atoms with Gasteiger partial charge in [-0.2, -0.15) is 0 Å². The predicted molar refractivity (Wildman–Crippen MR) is 96.0 cm³/mol. The lowest BCUT2D eigenvalue weighted by Gasteiger charge is -2.03. The number of rotatable bonds is 6. The van der Waals surface area contributed by atoms with Gasteiger partial charge in [-0.3, -0.25) is 9.79 Å². The molecule has 1 amide bonds. The maximum Gasteiger partial charge on any atom is 0.242 e. The predicted octanol–water partition coefficient (Wildman–Crippen LogP) is 2.03. The molecule has 0 aliphatic carbocycles. The Morgan fingerprint density at radius 2 is 1.87 bits per heavy atom. The van der Waals surface area contributed by atoms with Crippen LogP contribution in [0.1, 0.15) is 32.8 Å². The van der Waals surface area contributed by atoms with E-state index in [2.05, 4.69) is 36.2 Å². The van der Waals surface area contributed by atoms with E-state index in [-0.39, 0.29) is 19.1 Å². The second kappa shape index (κ2) is 16.2. The lowest BCUT2D eigenvalue weighted by atomic mass is 10.2. The van der Waals surface area contributed by atoms with Crippen LogP contribution in [0.25, 0.3) is 0 Å². The highest BCUT2D eigenvalue weighted by Crippen LogP contribution is 2.07. The van der Waals surface area contributed by atoms with Gasteiger partial charge in [0.1, 0.15) is 12.8 Å². The second-order valence-electron chi connectivity index (χ2n) is 4.69. The monoisotopic (exact) mass is 323 g/mol. The van der Waals surface area contributed by atoms with Crippen LogP contribution in [-0.4, -0.2) is 43.7 Å². The average Bonchev–Trinajstić information content (AvgIpc) is 2.56. The number of nitrogens with one attached hydrogen (secondary N) is 2. The van der Waals surface area contributed by atoms with Crippen molar-refractivity contribution >= 4 is 24.6 Å². The molecule has 3 N–H and O–H groups in total. The summed E-state index contributed by atoms with van der Waals surface area (Å²) in [4.78, 5) is 23.9. The largest absolute Gasteiger partial charge is 0.392 e. The van der Waals surface area contributed by atoms with Crippen molar-refractivity contribution in [3.05, 3.63) is 29.8 Å². The zero-order valence-corrected chi connectivity index (χ0v) is 14.5. The number of aliphatic imine (C=N–C) groups is 1. The summed E-state index contributed by atoms with van der Waals surface area (Å²) in [5.41, 5.74) is 2.01. The fourth-order valence-corrected chi connectivity index (χ4v) is 1.21. The number of aliphatic hydroxyl groups excluding tert-OH is 1. The summed E-state index contributed by atoms with van der Waals surface area (Å²) in [7, 11) is 1.87. The summed E-state index contributed by atoms with van der Waals surface area (Å²) in [5.74, 6) is -0.283. The Hall–Kier alpha value is -2.21. The molecule has 0 radical (unpaired) electrons. The van der Waals surface area contributed by atoms with E-state index in [0.717, 1.165) is 11.3 Å². The highest BCUT2D eigenvalue weighted by atomic mass is 16.3. The molecule has 1 atom stereocenters. The van der Waals surface area contributed by atoms with Gasteiger partial charge < -0.3 is 20.5 Å². The van der Waals surface area contributed by atoms with Crippen molar-refractivity contribution in [2.75, 3.05) is 18.9 Å². The number of aliphatic hydroxyl groups is 1. The highest BCUT2D eigenvalue weighted by Gasteiger charge is 2.02. The second-order valence-corrected chi connectivity index (χ2v) is 4.69. The lowest BCUT2D eigenvalue weighted by molar-refractivity contribution is -0.122. The van der Waals surface area contributed by atoms with E-state index in [4.69, 9.17) is 5.11 Å². The molecule has 0 saturated heterocycles. The van der Waals surface area contributed by atoms with E-state index >= 15 is 0 Å². The SMILES string of the molecule is C=NCC(=O)NC(C)C=O.CCC.CNc1ccc(CO)cc1. The maximum atomic E-state index is 10.6. The molecule has 0 saturated carbocycles. The quantitative estimate of drug-likeness (QED) is 0.552. The Morgan fingerprint density at radius 1 is 1.35 bits per heavy atom. The molecule has 0 aliphatic rings. The summed E-state index contributed by atoms with van der Waals surface area (Å²) < 4.78 is 0. The van der Waals surface area contributed by atoms with Gasteiger partial charge in [-0.05, 0) is 31.3 Å². The zero-order valence-electron chi connectivity index (χ0n) is 14.5. The molecule has 6 heteroatoms. The summed E-state index contributed by atoms with van der Waals surface area (Å²) in [6.45, 7) is 9.10. The molecular formula is C17H29N3O3. The Kier molecular flexibility index (Phi) is 16.2. The van der Waals surface area contributed by atoms with Gasteiger partial charge in [0.15, 0.2) is 0 Å². The normalized spacial score (nSPS) is 9.96. The number of hydrogen-bond donors (Lipinski definition) is 3. The number of aldehydes is 1. The van der Waals surface area contributed by atoms with E-state index in [1.807, 2.05) is 31.3 Å². The van der Waals surface area contributed by atoms with Crippen molar-refractivity contribution in [3.63, 3.8) is 0 Å². The number of amides is 1. The van der Waals surface area contributed by atoms with Crippen molar-refractivity contribution in [3.8, 4) is 0 Å². The third kappa shape index (κ3) is 14.5. The van der Waals surface area contributed by atoms with Crippen molar-refractivity contribution < 1.29 is 14.7 Å². The van der Waals surface area contributed by atoms with Crippen molar-refractivity contribution in [1.29, 1.82) is 0 Å². The number of hydrogen-bond acceptors (Lipinski definition) is 5. The molecule has 23 heavy (non-hydrogen) atoms. The van der Waals surface area contributed by atoms with Crippen molar-refractivity contribution in [2.45, 2.75) is 39.8 Å². The molecule has 1 unspecified atom stereocenters. The minimum absolute atomic E-state index is 0.0121. The molecule has 0 aliphatic heterocycles. The minimum atomic E-state index is -0.436. The van der Waals surface area contributed by atoms with Gasteiger partial charge in [-0.15, -0.1) is 0 Å². The van der Waals surface area contributed by atoms with E-state index < -0.39 is 6.04 Å². The van der Waals surface area contributed by atoms with Crippen LogP contribution in [0.3, 0.4) is 0 Å². The molecule has 0 bridgehead atoms. The van der Waals surface area contributed by atoms with Gasteiger partial charge >= 0.3 is 0 Å². The smallest absolute Gasteiger partial charge is 0.242 e. The molecule has 6 nitrogen and oxygen atoms in total. The zero-order chi connectivity index (χ0) is 18.1. The molecule has 1 aromatic rings. The number of benzene rings is 1. The van der Waals surface area contributed by atoms with Crippen LogP contribution in [0, 0.1) is 0 Å². The number of anilines is 1. The first-order valence-corrected chi connectivity index (χ1v) is 7.53. The molecule has 0 spiro atoms. The maximum absolute atomic E-state index is 10.6. The highest BCUT2D eigenvalue weighted by molar-refractivity contribution is 5.81. The molecular weight excluding hydrogens is 294 g/mol. The van der Waals surface area contributed by atoms with E-state index in [1.54, 1.807) is 6.92 Å². The van der Waals surface area contributed by atoms with Crippen molar-refractivity contribution in [2.24, 2.45) is 4.99 Å². The van der Waals surface area contributed by atoms with E-state index in [0.29, 0.717) is 6.29 Å². The van der Waals surface area contributed by atoms with Gasteiger partial charge in [0.2, 0.25) is 5.91 Å².